The number of esters is 1. The van der Waals surface area contributed by atoms with Gasteiger partial charge in [0.15, 0.2) is 5.78 Å². The predicted molar refractivity (Wildman–Crippen MR) is 45.1 cm³/mol. The van der Waals surface area contributed by atoms with E-state index in [2.05, 4.69) is 4.74 Å². The molecule has 0 unspecified atom stereocenters. The van der Waals surface area contributed by atoms with E-state index in [9.17, 15) is 14.7 Å². The van der Waals surface area contributed by atoms with Crippen molar-refractivity contribution in [1.29, 1.82) is 0 Å². The molecular formula is C9H12O4. The van der Waals surface area contributed by atoms with E-state index in [1.807, 2.05) is 0 Å². The SMILES string of the molecule is CCOC(=O)/C(O)=C1\CCCC1=O. The zero-order valence-electron chi connectivity index (χ0n) is 7.50. The lowest BCUT2D eigenvalue weighted by Crippen LogP contribution is -2.11. The van der Waals surface area contributed by atoms with Crippen molar-refractivity contribution < 1.29 is 19.4 Å². The van der Waals surface area contributed by atoms with Gasteiger partial charge < -0.3 is 9.84 Å². The molecule has 0 saturated heterocycles. The molecule has 0 aliphatic heterocycles. The van der Waals surface area contributed by atoms with Gasteiger partial charge in [0.25, 0.3) is 0 Å². The van der Waals surface area contributed by atoms with Crippen LogP contribution in [0.5, 0.6) is 0 Å². The highest BCUT2D eigenvalue weighted by molar-refractivity contribution is 6.03. The van der Waals surface area contributed by atoms with Gasteiger partial charge in [0, 0.05) is 12.0 Å². The number of rotatable bonds is 2. The van der Waals surface area contributed by atoms with Gasteiger partial charge in [0.1, 0.15) is 0 Å². The van der Waals surface area contributed by atoms with Gasteiger partial charge in [-0.25, -0.2) is 4.79 Å². The molecule has 1 N–H and O–H groups in total. The number of carbonyl (C=O) groups excluding carboxylic acids is 2. The minimum atomic E-state index is -0.798. The monoisotopic (exact) mass is 184 g/mol. The minimum absolute atomic E-state index is 0.148. The number of aliphatic hydroxyl groups excluding tert-OH is 1. The molecule has 0 atom stereocenters. The molecule has 1 saturated carbocycles. The van der Waals surface area contributed by atoms with Crippen molar-refractivity contribution in [2.24, 2.45) is 0 Å². The van der Waals surface area contributed by atoms with Gasteiger partial charge in [-0.15, -0.1) is 0 Å². The van der Waals surface area contributed by atoms with Crippen LogP contribution in [0.25, 0.3) is 0 Å². The summed E-state index contributed by atoms with van der Waals surface area (Å²) in [6, 6.07) is 0. The third kappa shape index (κ3) is 2.08. The zero-order valence-corrected chi connectivity index (χ0v) is 7.50. The van der Waals surface area contributed by atoms with Crippen molar-refractivity contribution in [2.75, 3.05) is 6.61 Å². The van der Waals surface area contributed by atoms with Crippen LogP contribution >= 0.6 is 0 Å². The van der Waals surface area contributed by atoms with Gasteiger partial charge in [-0.3, -0.25) is 4.79 Å². The standard InChI is InChI=1S/C9H12O4/c1-2-13-9(12)8(11)6-4-3-5-7(6)10/h11H,2-5H2,1H3/b8-6-. The Morgan fingerprint density at radius 1 is 1.54 bits per heavy atom. The summed E-state index contributed by atoms with van der Waals surface area (Å²) in [5, 5.41) is 9.30. The highest BCUT2D eigenvalue weighted by Crippen LogP contribution is 2.23. The van der Waals surface area contributed by atoms with E-state index in [1.54, 1.807) is 6.92 Å². The molecule has 72 valence electrons. The van der Waals surface area contributed by atoms with Crippen LogP contribution in [0.3, 0.4) is 0 Å². The average molecular weight is 184 g/mol. The number of ether oxygens (including phenoxy) is 1. The molecule has 0 radical (unpaired) electrons. The lowest BCUT2D eigenvalue weighted by molar-refractivity contribution is -0.141. The minimum Gasteiger partial charge on any atom is -0.502 e. The second kappa shape index (κ2) is 4.07. The molecule has 4 nitrogen and oxygen atoms in total. The number of carbonyl (C=O) groups is 2. The van der Waals surface area contributed by atoms with Crippen molar-refractivity contribution in [3.63, 3.8) is 0 Å². The van der Waals surface area contributed by atoms with Crippen LogP contribution in [-0.4, -0.2) is 23.5 Å². The van der Waals surface area contributed by atoms with Crippen LogP contribution in [0.4, 0.5) is 0 Å². The van der Waals surface area contributed by atoms with Gasteiger partial charge >= 0.3 is 5.97 Å². The van der Waals surface area contributed by atoms with Crippen molar-refractivity contribution in [1.82, 2.24) is 0 Å². The fourth-order valence-corrected chi connectivity index (χ4v) is 1.29. The molecule has 4 heteroatoms. The van der Waals surface area contributed by atoms with Crippen molar-refractivity contribution in [3.8, 4) is 0 Å². The highest BCUT2D eigenvalue weighted by Gasteiger charge is 2.25. The van der Waals surface area contributed by atoms with Crippen LogP contribution in [0, 0.1) is 0 Å². The summed E-state index contributed by atoms with van der Waals surface area (Å²) in [5.74, 6) is -1.46. The number of hydrogen-bond donors (Lipinski definition) is 1. The Kier molecular flexibility index (Phi) is 3.06. The quantitative estimate of drug-likeness (QED) is 0.396. The first-order valence-corrected chi connectivity index (χ1v) is 4.29. The van der Waals surface area contributed by atoms with E-state index in [0.717, 1.165) is 0 Å². The predicted octanol–water partition coefficient (Wildman–Crippen LogP) is 1.11. The third-order valence-electron chi connectivity index (χ3n) is 1.92. The number of hydrogen-bond acceptors (Lipinski definition) is 4. The Hall–Kier alpha value is -1.32. The van der Waals surface area contributed by atoms with E-state index in [0.29, 0.717) is 19.3 Å². The first-order valence-electron chi connectivity index (χ1n) is 4.29. The summed E-state index contributed by atoms with van der Waals surface area (Å²) in [7, 11) is 0. The lowest BCUT2D eigenvalue weighted by atomic mass is 10.2. The van der Waals surface area contributed by atoms with E-state index < -0.39 is 11.7 Å². The molecule has 13 heavy (non-hydrogen) atoms. The molecule has 1 fully saturated rings. The summed E-state index contributed by atoms with van der Waals surface area (Å²) in [5.41, 5.74) is 0.221. The normalized spacial score (nSPS) is 20.2. The smallest absolute Gasteiger partial charge is 0.373 e. The number of aliphatic hydroxyl groups is 1. The summed E-state index contributed by atoms with van der Waals surface area (Å²) >= 11 is 0. The molecule has 1 aliphatic carbocycles. The van der Waals surface area contributed by atoms with Crippen LogP contribution in [-0.2, 0) is 14.3 Å². The number of ketones is 1. The summed E-state index contributed by atoms with van der Waals surface area (Å²) in [6.45, 7) is 1.84. The first kappa shape index (κ1) is 9.77. The van der Waals surface area contributed by atoms with Gasteiger partial charge in [-0.05, 0) is 19.8 Å². The van der Waals surface area contributed by atoms with E-state index in [1.165, 1.54) is 0 Å². The number of Topliss-reactive ketones (excluding diaryl/α,β-unsaturated/α-hetero) is 1. The lowest BCUT2D eigenvalue weighted by Gasteiger charge is -2.02. The zero-order chi connectivity index (χ0) is 9.84. The Morgan fingerprint density at radius 3 is 2.69 bits per heavy atom. The summed E-state index contributed by atoms with van der Waals surface area (Å²) in [4.78, 5) is 22.1. The van der Waals surface area contributed by atoms with E-state index in [-0.39, 0.29) is 18.0 Å². The van der Waals surface area contributed by atoms with Crippen molar-refractivity contribution >= 4 is 11.8 Å². The van der Waals surface area contributed by atoms with Crippen LogP contribution in [0.15, 0.2) is 11.3 Å². The van der Waals surface area contributed by atoms with Crippen LogP contribution < -0.4 is 0 Å². The molecule has 0 aromatic carbocycles. The van der Waals surface area contributed by atoms with Crippen molar-refractivity contribution in [2.45, 2.75) is 26.2 Å². The van der Waals surface area contributed by atoms with Gasteiger partial charge in [0.2, 0.25) is 5.76 Å². The topological polar surface area (TPSA) is 63.6 Å². The summed E-state index contributed by atoms with van der Waals surface area (Å²) in [6.07, 6.45) is 1.60. The molecule has 0 amide bonds. The maximum absolute atomic E-state index is 11.1. The van der Waals surface area contributed by atoms with Gasteiger partial charge in [-0.1, -0.05) is 0 Å². The first-order chi connectivity index (χ1) is 6.16. The van der Waals surface area contributed by atoms with Gasteiger partial charge in [0.05, 0.1) is 6.61 Å². The fraction of sp³-hybridized carbons (Fsp3) is 0.556. The second-order valence-electron chi connectivity index (χ2n) is 2.82. The Bertz CT molecular complexity index is 265. The average Bonchev–Trinajstić information content (AvgIpc) is 2.50. The Balaban J connectivity index is 2.78. The fourth-order valence-electron chi connectivity index (χ4n) is 1.29. The molecule has 0 heterocycles. The van der Waals surface area contributed by atoms with Crippen molar-refractivity contribution in [3.05, 3.63) is 11.3 Å². The van der Waals surface area contributed by atoms with E-state index in [4.69, 9.17) is 0 Å². The van der Waals surface area contributed by atoms with Crippen LogP contribution in [0.1, 0.15) is 26.2 Å². The molecule has 1 aliphatic rings. The Morgan fingerprint density at radius 2 is 2.23 bits per heavy atom. The molecular weight excluding hydrogens is 172 g/mol. The maximum atomic E-state index is 11.1. The third-order valence-corrected chi connectivity index (χ3v) is 1.92. The second-order valence-corrected chi connectivity index (χ2v) is 2.82. The molecule has 0 aromatic rings. The molecule has 1 rings (SSSR count). The van der Waals surface area contributed by atoms with E-state index >= 15 is 0 Å². The molecule has 0 bridgehead atoms. The summed E-state index contributed by atoms with van der Waals surface area (Å²) < 4.78 is 4.57. The molecule has 0 aromatic heterocycles. The highest BCUT2D eigenvalue weighted by atomic mass is 16.5. The Labute approximate surface area is 76.2 Å². The number of allylic oxidation sites excluding steroid dienone is 1. The molecule has 0 spiro atoms. The van der Waals surface area contributed by atoms with Gasteiger partial charge in [-0.2, -0.15) is 0 Å². The van der Waals surface area contributed by atoms with Crippen LogP contribution in [0.2, 0.25) is 0 Å². The largest absolute Gasteiger partial charge is 0.502 e. The maximum Gasteiger partial charge on any atom is 0.373 e.